The van der Waals surface area contributed by atoms with Crippen LogP contribution in [-0.4, -0.2) is 71.2 Å². The molecule has 2 heterocycles. The van der Waals surface area contributed by atoms with E-state index in [1.54, 1.807) is 28.4 Å². The summed E-state index contributed by atoms with van der Waals surface area (Å²) in [6.07, 6.45) is 0. The van der Waals surface area contributed by atoms with Gasteiger partial charge in [0.1, 0.15) is 0 Å². The number of benzene rings is 2. The number of ether oxygens (including phenoxy) is 6. The van der Waals surface area contributed by atoms with Gasteiger partial charge in [-0.2, -0.15) is 0 Å². The predicted molar refractivity (Wildman–Crippen MR) is 116 cm³/mol. The molecule has 168 valence electrons. The highest BCUT2D eigenvalue weighted by atomic mass is 16.7. The van der Waals surface area contributed by atoms with Crippen molar-refractivity contribution in [1.82, 2.24) is 9.80 Å². The molecule has 2 aliphatic heterocycles. The van der Waals surface area contributed by atoms with E-state index >= 15 is 0 Å². The van der Waals surface area contributed by atoms with Crippen LogP contribution in [0.2, 0.25) is 0 Å². The van der Waals surface area contributed by atoms with Gasteiger partial charge in [0.05, 0.1) is 28.4 Å². The summed E-state index contributed by atoms with van der Waals surface area (Å²) < 4.78 is 32.9. The van der Waals surface area contributed by atoms with E-state index < -0.39 is 0 Å². The predicted octanol–water partition coefficient (Wildman–Crippen LogP) is 2.77. The highest BCUT2D eigenvalue weighted by molar-refractivity contribution is 5.55. The lowest BCUT2D eigenvalue weighted by atomic mass is 10.1. The van der Waals surface area contributed by atoms with Crippen LogP contribution in [0.1, 0.15) is 11.1 Å². The van der Waals surface area contributed by atoms with E-state index in [1.807, 2.05) is 24.3 Å². The van der Waals surface area contributed by atoms with Crippen molar-refractivity contribution in [2.45, 2.75) is 13.1 Å². The Morgan fingerprint density at radius 2 is 1.19 bits per heavy atom. The fourth-order valence-electron chi connectivity index (χ4n) is 4.12. The third-order valence-electron chi connectivity index (χ3n) is 5.72. The molecule has 0 radical (unpaired) electrons. The Hall–Kier alpha value is -2.84. The van der Waals surface area contributed by atoms with E-state index in [0.29, 0.717) is 23.0 Å². The smallest absolute Gasteiger partial charge is 0.231 e. The van der Waals surface area contributed by atoms with Gasteiger partial charge in [-0.25, -0.2) is 0 Å². The number of hydrogen-bond donors (Lipinski definition) is 0. The van der Waals surface area contributed by atoms with Crippen LogP contribution < -0.4 is 28.4 Å². The van der Waals surface area contributed by atoms with Crippen molar-refractivity contribution in [3.8, 4) is 34.5 Å². The molecule has 2 aromatic rings. The highest BCUT2D eigenvalue weighted by Gasteiger charge is 2.23. The quantitative estimate of drug-likeness (QED) is 0.634. The largest absolute Gasteiger partial charge is 0.493 e. The maximum atomic E-state index is 5.55. The molecule has 0 amide bonds. The van der Waals surface area contributed by atoms with Gasteiger partial charge in [0.15, 0.2) is 23.0 Å². The van der Waals surface area contributed by atoms with Crippen molar-refractivity contribution in [2.75, 3.05) is 61.4 Å². The number of fused-ring (bicyclic) bond motifs is 1. The van der Waals surface area contributed by atoms with E-state index in [2.05, 4.69) is 9.80 Å². The number of piperazine rings is 1. The lowest BCUT2D eigenvalue weighted by molar-refractivity contribution is 0.121. The first-order valence-corrected chi connectivity index (χ1v) is 10.3. The molecule has 4 rings (SSSR count). The maximum absolute atomic E-state index is 5.55. The van der Waals surface area contributed by atoms with Gasteiger partial charge in [0, 0.05) is 39.3 Å². The normalized spacial score (nSPS) is 16.3. The minimum atomic E-state index is 0.245. The lowest BCUT2D eigenvalue weighted by Crippen LogP contribution is -2.45. The standard InChI is InChI=1S/C23H30N2O6/c1-26-18-9-16(10-19(27-2)22(18)29-4)13-24-5-7-25(8-6-24)14-17-11-20(28-3)23-21(12-17)30-15-31-23/h9-12H,5-8,13-15H2,1-4H3. The summed E-state index contributed by atoms with van der Waals surface area (Å²) in [5.74, 6) is 4.18. The van der Waals surface area contributed by atoms with Crippen molar-refractivity contribution < 1.29 is 28.4 Å². The van der Waals surface area contributed by atoms with Crippen molar-refractivity contribution in [3.05, 3.63) is 35.4 Å². The summed E-state index contributed by atoms with van der Waals surface area (Å²) in [4.78, 5) is 4.89. The van der Waals surface area contributed by atoms with Crippen LogP contribution in [0.25, 0.3) is 0 Å². The monoisotopic (exact) mass is 430 g/mol. The second-order valence-electron chi connectivity index (χ2n) is 7.62. The molecule has 8 heteroatoms. The van der Waals surface area contributed by atoms with Crippen LogP contribution in [0.4, 0.5) is 0 Å². The molecule has 0 bridgehead atoms. The molecular formula is C23H30N2O6. The number of nitrogens with zero attached hydrogens (tertiary/aromatic N) is 2. The van der Waals surface area contributed by atoms with Crippen molar-refractivity contribution in [2.24, 2.45) is 0 Å². The molecule has 0 atom stereocenters. The Morgan fingerprint density at radius 1 is 0.677 bits per heavy atom. The van der Waals surface area contributed by atoms with Gasteiger partial charge in [0.2, 0.25) is 18.3 Å². The van der Waals surface area contributed by atoms with Crippen LogP contribution in [0.5, 0.6) is 34.5 Å². The van der Waals surface area contributed by atoms with Crippen LogP contribution in [0.3, 0.4) is 0 Å². The number of hydrogen-bond acceptors (Lipinski definition) is 8. The zero-order chi connectivity index (χ0) is 21.8. The Bertz CT molecular complexity index is 886. The second-order valence-corrected chi connectivity index (χ2v) is 7.62. The molecule has 1 fully saturated rings. The zero-order valence-corrected chi connectivity index (χ0v) is 18.6. The van der Waals surface area contributed by atoms with E-state index in [1.165, 1.54) is 5.56 Å². The maximum Gasteiger partial charge on any atom is 0.231 e. The van der Waals surface area contributed by atoms with E-state index in [9.17, 15) is 0 Å². The summed E-state index contributed by atoms with van der Waals surface area (Å²) in [6.45, 7) is 5.88. The fraction of sp³-hybridized carbons (Fsp3) is 0.478. The van der Waals surface area contributed by atoms with Gasteiger partial charge in [-0.3, -0.25) is 9.80 Å². The van der Waals surface area contributed by atoms with Gasteiger partial charge in [0.25, 0.3) is 0 Å². The summed E-state index contributed by atoms with van der Waals surface area (Å²) in [6, 6.07) is 8.13. The van der Waals surface area contributed by atoms with Crippen molar-refractivity contribution in [3.63, 3.8) is 0 Å². The molecule has 0 aliphatic carbocycles. The Morgan fingerprint density at radius 3 is 1.71 bits per heavy atom. The molecule has 0 saturated carbocycles. The molecule has 31 heavy (non-hydrogen) atoms. The Labute approximate surface area is 183 Å². The molecule has 1 saturated heterocycles. The van der Waals surface area contributed by atoms with Gasteiger partial charge in [-0.1, -0.05) is 0 Å². The van der Waals surface area contributed by atoms with Crippen LogP contribution in [0, 0.1) is 0 Å². The molecule has 0 aromatic heterocycles. The van der Waals surface area contributed by atoms with Crippen molar-refractivity contribution in [1.29, 1.82) is 0 Å². The summed E-state index contributed by atoms with van der Waals surface area (Å²) >= 11 is 0. The Balaban J connectivity index is 1.36. The minimum absolute atomic E-state index is 0.245. The minimum Gasteiger partial charge on any atom is -0.493 e. The lowest BCUT2D eigenvalue weighted by Gasteiger charge is -2.35. The second kappa shape index (κ2) is 9.53. The van der Waals surface area contributed by atoms with Gasteiger partial charge >= 0.3 is 0 Å². The van der Waals surface area contributed by atoms with Gasteiger partial charge in [-0.15, -0.1) is 0 Å². The molecular weight excluding hydrogens is 400 g/mol. The first-order chi connectivity index (χ1) is 15.1. The third kappa shape index (κ3) is 4.60. The zero-order valence-electron chi connectivity index (χ0n) is 18.6. The van der Waals surface area contributed by atoms with E-state index in [-0.39, 0.29) is 6.79 Å². The molecule has 0 unspecified atom stereocenters. The summed E-state index contributed by atoms with van der Waals surface area (Å²) in [5, 5.41) is 0. The Kier molecular flexibility index (Phi) is 6.58. The topological polar surface area (TPSA) is 61.9 Å². The molecule has 2 aromatic carbocycles. The highest BCUT2D eigenvalue weighted by Crippen LogP contribution is 2.42. The SMILES string of the molecule is COc1cc(CN2CCN(Cc3cc(OC)c4c(c3)OCO4)CC2)cc(OC)c1OC. The third-order valence-corrected chi connectivity index (χ3v) is 5.72. The van der Waals surface area contributed by atoms with Crippen LogP contribution in [-0.2, 0) is 13.1 Å². The number of methoxy groups -OCH3 is 4. The summed E-state index contributed by atoms with van der Waals surface area (Å²) in [5.41, 5.74) is 2.31. The van der Waals surface area contributed by atoms with E-state index in [4.69, 9.17) is 28.4 Å². The van der Waals surface area contributed by atoms with Crippen molar-refractivity contribution >= 4 is 0 Å². The first-order valence-electron chi connectivity index (χ1n) is 10.3. The van der Waals surface area contributed by atoms with Crippen LogP contribution in [0.15, 0.2) is 24.3 Å². The molecule has 0 N–H and O–H groups in total. The van der Waals surface area contributed by atoms with Crippen LogP contribution >= 0.6 is 0 Å². The average Bonchev–Trinajstić information content (AvgIpc) is 3.27. The van der Waals surface area contributed by atoms with Gasteiger partial charge < -0.3 is 28.4 Å². The average molecular weight is 431 g/mol. The first kappa shape index (κ1) is 21.4. The molecule has 0 spiro atoms. The fourth-order valence-corrected chi connectivity index (χ4v) is 4.12. The van der Waals surface area contributed by atoms with Gasteiger partial charge in [-0.05, 0) is 35.4 Å². The summed E-state index contributed by atoms with van der Waals surface area (Å²) in [7, 11) is 6.56. The van der Waals surface area contributed by atoms with E-state index in [0.717, 1.165) is 56.3 Å². The molecule has 8 nitrogen and oxygen atoms in total. The molecule has 2 aliphatic rings. The number of rotatable bonds is 8.